The van der Waals surface area contributed by atoms with Gasteiger partial charge in [0.05, 0.1) is 27.5 Å². The van der Waals surface area contributed by atoms with E-state index in [0.29, 0.717) is 10.6 Å². The summed E-state index contributed by atoms with van der Waals surface area (Å²) in [6.45, 7) is 2.13. The number of benzene rings is 2. The van der Waals surface area contributed by atoms with E-state index in [9.17, 15) is 4.79 Å². The average Bonchev–Trinajstić information content (AvgIpc) is 2.47. The monoisotopic (exact) mass is 406 g/mol. The van der Waals surface area contributed by atoms with Crippen LogP contribution < -0.4 is 0 Å². The Labute approximate surface area is 152 Å². The van der Waals surface area contributed by atoms with Gasteiger partial charge in [-0.05, 0) is 36.2 Å². The highest BCUT2D eigenvalue weighted by Gasteiger charge is 2.09. The van der Waals surface area contributed by atoms with Gasteiger partial charge >= 0.3 is 5.97 Å². The van der Waals surface area contributed by atoms with Crippen molar-refractivity contribution in [3.63, 3.8) is 0 Å². The zero-order valence-corrected chi connectivity index (χ0v) is 14.7. The Bertz CT molecular complexity index is 599. The molecule has 0 aromatic heterocycles. The predicted octanol–water partition coefficient (Wildman–Crippen LogP) is 5.92. The third-order valence-electron chi connectivity index (χ3n) is 2.77. The van der Waals surface area contributed by atoms with Crippen LogP contribution in [-0.2, 0) is 10.6 Å². The molecule has 0 bridgehead atoms. The van der Waals surface area contributed by atoms with E-state index in [4.69, 9.17) is 15.8 Å². The van der Waals surface area contributed by atoms with Crippen LogP contribution in [0, 0.1) is 0 Å². The molecule has 2 aromatic rings. The van der Waals surface area contributed by atoms with E-state index < -0.39 is 0 Å². The lowest BCUT2D eigenvalue weighted by molar-refractivity contribution is 0.0768. The summed E-state index contributed by atoms with van der Waals surface area (Å²) in [5.74, 6) is -0.363. The molecular weight excluding hydrogens is 387 g/mol. The molecule has 0 saturated heterocycles. The molecule has 25 heavy (non-hydrogen) atoms. The third kappa shape index (κ3) is 9.31. The van der Waals surface area contributed by atoms with Crippen molar-refractivity contribution in [2.24, 2.45) is 0 Å². The first-order valence-corrected chi connectivity index (χ1v) is 7.55. The van der Waals surface area contributed by atoms with Crippen molar-refractivity contribution < 1.29 is 32.5 Å². The third-order valence-corrected chi connectivity index (χ3v) is 3.98. The van der Waals surface area contributed by atoms with Crippen molar-refractivity contribution in [3.05, 3.63) is 64.7 Å². The van der Waals surface area contributed by atoms with Gasteiger partial charge in [-0.1, -0.05) is 49.2 Å². The standard InChI is InChI=1S/C16H15ClO2S.5FH/c1-2-5-12-8-10-13(11-9-12)16(18)19-20-15-7-4-3-6-14(15)17;;;;;/h3-4,6-11H,2,5H2,1H3;5*1H. The number of rotatable bonds is 5. The van der Waals surface area contributed by atoms with Crippen LogP contribution in [0.5, 0.6) is 0 Å². The molecule has 0 amide bonds. The van der Waals surface area contributed by atoms with Crippen LogP contribution in [0.4, 0.5) is 23.5 Å². The molecular formula is C16H20ClF5O2S. The number of hydrogen-bond acceptors (Lipinski definition) is 3. The summed E-state index contributed by atoms with van der Waals surface area (Å²) in [4.78, 5) is 12.6. The Kier molecular flexibility index (Phi) is 19.5. The number of halogens is 6. The van der Waals surface area contributed by atoms with E-state index >= 15 is 0 Å². The van der Waals surface area contributed by atoms with E-state index in [1.807, 2.05) is 30.3 Å². The Hall–Kier alpha value is -1.80. The fourth-order valence-corrected chi connectivity index (χ4v) is 2.51. The predicted molar refractivity (Wildman–Crippen MR) is 95.7 cm³/mol. The van der Waals surface area contributed by atoms with Gasteiger partial charge in [0.25, 0.3) is 0 Å². The second-order valence-electron chi connectivity index (χ2n) is 4.33. The van der Waals surface area contributed by atoms with Crippen LogP contribution in [0.3, 0.4) is 0 Å². The molecule has 144 valence electrons. The zero-order valence-electron chi connectivity index (χ0n) is 13.2. The highest BCUT2D eigenvalue weighted by atomic mass is 35.5. The Morgan fingerprint density at radius 3 is 2.04 bits per heavy atom. The minimum Gasteiger partial charge on any atom is -0.382 e. The molecule has 0 N–H and O–H groups in total. The van der Waals surface area contributed by atoms with Crippen molar-refractivity contribution >= 4 is 29.6 Å². The summed E-state index contributed by atoms with van der Waals surface area (Å²) in [5, 5.41) is 0.573. The molecule has 0 aliphatic carbocycles. The lowest BCUT2D eigenvalue weighted by Crippen LogP contribution is -2.00. The second kappa shape index (κ2) is 15.7. The largest absolute Gasteiger partial charge is 0.382 e. The molecule has 0 radical (unpaired) electrons. The average molecular weight is 407 g/mol. The number of carbonyl (C=O) groups is 1. The molecule has 0 heterocycles. The highest BCUT2D eigenvalue weighted by Crippen LogP contribution is 2.28. The maximum absolute atomic E-state index is 11.9. The molecule has 2 nitrogen and oxygen atoms in total. The lowest BCUT2D eigenvalue weighted by atomic mass is 10.1. The van der Waals surface area contributed by atoms with E-state index in [0.717, 1.165) is 29.8 Å². The SMILES string of the molecule is CCCc1ccc(C(=O)OSc2ccccc2Cl)cc1.F.F.F.F.F. The van der Waals surface area contributed by atoms with Gasteiger partial charge in [0, 0.05) is 0 Å². The van der Waals surface area contributed by atoms with Crippen molar-refractivity contribution in [2.75, 3.05) is 0 Å². The normalized spacial score (nSPS) is 8.24. The summed E-state index contributed by atoms with van der Waals surface area (Å²) in [6, 6.07) is 14.8. The molecule has 9 heteroatoms. The smallest absolute Gasteiger partial charge is 0.350 e. The first-order chi connectivity index (χ1) is 9.70. The molecule has 0 fully saturated rings. The maximum Gasteiger partial charge on any atom is 0.350 e. The van der Waals surface area contributed by atoms with Gasteiger partial charge in [-0.3, -0.25) is 23.5 Å². The second-order valence-corrected chi connectivity index (χ2v) is 5.51. The topological polar surface area (TPSA) is 26.3 Å². The van der Waals surface area contributed by atoms with Gasteiger partial charge in [0.15, 0.2) is 0 Å². The van der Waals surface area contributed by atoms with Gasteiger partial charge in [0.2, 0.25) is 0 Å². The summed E-state index contributed by atoms with van der Waals surface area (Å²) >= 11 is 6.98. The van der Waals surface area contributed by atoms with E-state index in [-0.39, 0.29) is 29.5 Å². The van der Waals surface area contributed by atoms with Gasteiger partial charge in [-0.15, -0.1) is 0 Å². The number of hydrogen-bond donors (Lipinski definition) is 0. The van der Waals surface area contributed by atoms with E-state index in [1.165, 1.54) is 5.56 Å². The molecule has 2 aromatic carbocycles. The van der Waals surface area contributed by atoms with Crippen molar-refractivity contribution in [1.82, 2.24) is 0 Å². The zero-order chi connectivity index (χ0) is 14.4. The lowest BCUT2D eigenvalue weighted by Gasteiger charge is -2.05. The minimum absolute atomic E-state index is 0. The van der Waals surface area contributed by atoms with Gasteiger partial charge in [-0.2, -0.15) is 0 Å². The molecule has 0 aliphatic heterocycles. The van der Waals surface area contributed by atoms with Crippen LogP contribution in [0.25, 0.3) is 0 Å². The van der Waals surface area contributed by atoms with Crippen LogP contribution in [0.2, 0.25) is 5.02 Å². The Balaban J connectivity index is -0.000000441. The summed E-state index contributed by atoms with van der Waals surface area (Å²) in [5.41, 5.74) is 1.77. The van der Waals surface area contributed by atoms with Crippen molar-refractivity contribution in [3.8, 4) is 0 Å². The number of carbonyl (C=O) groups excluding carboxylic acids is 1. The quantitative estimate of drug-likeness (QED) is 0.455. The highest BCUT2D eigenvalue weighted by molar-refractivity contribution is 7.95. The van der Waals surface area contributed by atoms with Crippen LogP contribution >= 0.6 is 23.6 Å². The fraction of sp³-hybridized carbons (Fsp3) is 0.188. The summed E-state index contributed by atoms with van der Waals surface area (Å²) in [7, 11) is 0. The first-order valence-electron chi connectivity index (χ1n) is 6.43. The first kappa shape index (κ1) is 31.0. The van der Waals surface area contributed by atoms with Gasteiger partial charge in [-0.25, -0.2) is 4.79 Å². The van der Waals surface area contributed by atoms with E-state index in [1.54, 1.807) is 18.2 Å². The molecule has 0 aliphatic rings. The fourth-order valence-electron chi connectivity index (χ4n) is 1.74. The van der Waals surface area contributed by atoms with E-state index in [2.05, 4.69) is 6.92 Å². The van der Waals surface area contributed by atoms with Crippen LogP contribution in [0.15, 0.2) is 53.4 Å². The Morgan fingerprint density at radius 1 is 0.960 bits per heavy atom. The molecule has 0 saturated carbocycles. The van der Waals surface area contributed by atoms with Crippen LogP contribution in [-0.4, -0.2) is 5.97 Å². The molecule has 0 spiro atoms. The molecule has 0 atom stereocenters. The van der Waals surface area contributed by atoms with Crippen molar-refractivity contribution in [1.29, 1.82) is 0 Å². The maximum atomic E-state index is 11.9. The molecule has 0 unspecified atom stereocenters. The van der Waals surface area contributed by atoms with Crippen molar-refractivity contribution in [2.45, 2.75) is 24.7 Å². The van der Waals surface area contributed by atoms with Gasteiger partial charge < -0.3 is 4.18 Å². The number of aryl methyl sites for hydroxylation is 1. The summed E-state index contributed by atoms with van der Waals surface area (Å²) < 4.78 is 5.19. The van der Waals surface area contributed by atoms with Gasteiger partial charge in [0.1, 0.15) is 0 Å². The Morgan fingerprint density at radius 2 is 1.52 bits per heavy atom. The molecule has 2 rings (SSSR count). The van der Waals surface area contributed by atoms with Crippen LogP contribution in [0.1, 0.15) is 29.3 Å². The minimum atomic E-state index is -0.363. The summed E-state index contributed by atoms with van der Waals surface area (Å²) in [6.07, 6.45) is 2.11.